The number of anilines is 2. The third-order valence-electron chi connectivity index (χ3n) is 3.59. The molecular formula is C16H20N4O2S2. The summed E-state index contributed by atoms with van der Waals surface area (Å²) in [5.74, 6) is 0.504. The Balaban J connectivity index is 1.51. The lowest BCUT2D eigenvalue weighted by Gasteiger charge is -2.31. The third kappa shape index (κ3) is 4.68. The monoisotopic (exact) mass is 364 g/mol. The molecule has 1 aromatic carbocycles. The number of aromatic nitrogens is 2. The van der Waals surface area contributed by atoms with Crippen molar-refractivity contribution in [3.05, 3.63) is 29.8 Å². The summed E-state index contributed by atoms with van der Waals surface area (Å²) < 4.78 is 6.25. The van der Waals surface area contributed by atoms with Gasteiger partial charge in [0.25, 0.3) is 0 Å². The average molecular weight is 364 g/mol. The maximum Gasteiger partial charge on any atom is 0.233 e. The lowest BCUT2D eigenvalue weighted by atomic mass is 10.2. The van der Waals surface area contributed by atoms with Crippen LogP contribution in [-0.2, 0) is 9.53 Å². The first kappa shape index (κ1) is 17.2. The summed E-state index contributed by atoms with van der Waals surface area (Å²) in [5, 5.41) is 12.2. The van der Waals surface area contributed by atoms with Crippen molar-refractivity contribution >= 4 is 39.8 Å². The molecular weight excluding hydrogens is 344 g/mol. The first-order chi connectivity index (χ1) is 11.6. The van der Waals surface area contributed by atoms with E-state index in [0.29, 0.717) is 25.4 Å². The van der Waals surface area contributed by atoms with Crippen molar-refractivity contribution in [3.8, 4) is 0 Å². The number of amides is 1. The molecule has 8 heteroatoms. The smallest absolute Gasteiger partial charge is 0.233 e. The molecule has 1 aromatic heterocycles. The summed E-state index contributed by atoms with van der Waals surface area (Å²) in [6.07, 6.45) is 0.111. The summed E-state index contributed by atoms with van der Waals surface area (Å²) in [7, 11) is 0. The lowest BCUT2D eigenvalue weighted by Crippen LogP contribution is -2.45. The first-order valence-electron chi connectivity index (χ1n) is 7.79. The normalized spacial score (nSPS) is 17.8. The van der Waals surface area contributed by atoms with Crippen LogP contribution in [0.1, 0.15) is 12.5 Å². The van der Waals surface area contributed by atoms with E-state index in [2.05, 4.69) is 21.6 Å². The SMILES string of the molecule is Cc1cccc(Nc2nnc(SCC(=O)N3CCO[C@@H](C)C3)s2)c1. The van der Waals surface area contributed by atoms with Crippen LogP contribution in [-0.4, -0.2) is 52.6 Å². The Hall–Kier alpha value is -1.64. The van der Waals surface area contributed by atoms with Gasteiger partial charge in [0.2, 0.25) is 11.0 Å². The zero-order chi connectivity index (χ0) is 16.9. The quantitative estimate of drug-likeness (QED) is 0.823. The number of nitrogens with one attached hydrogen (secondary N) is 1. The highest BCUT2D eigenvalue weighted by Crippen LogP contribution is 2.28. The summed E-state index contributed by atoms with van der Waals surface area (Å²) in [6.45, 7) is 5.97. The molecule has 0 radical (unpaired) electrons. The zero-order valence-electron chi connectivity index (χ0n) is 13.7. The summed E-state index contributed by atoms with van der Waals surface area (Å²) >= 11 is 2.89. The summed E-state index contributed by atoms with van der Waals surface area (Å²) in [6, 6.07) is 8.09. The Morgan fingerprint density at radius 3 is 3.17 bits per heavy atom. The average Bonchev–Trinajstić information content (AvgIpc) is 3.00. The van der Waals surface area contributed by atoms with Crippen LogP contribution in [0.2, 0.25) is 0 Å². The molecule has 2 heterocycles. The van der Waals surface area contributed by atoms with Crippen LogP contribution in [0, 0.1) is 6.92 Å². The second-order valence-electron chi connectivity index (χ2n) is 5.68. The number of thioether (sulfide) groups is 1. The van der Waals surface area contributed by atoms with Crippen molar-refractivity contribution in [2.45, 2.75) is 24.3 Å². The number of rotatable bonds is 5. The fourth-order valence-corrected chi connectivity index (χ4v) is 4.10. The number of aryl methyl sites for hydroxylation is 1. The number of nitrogens with zero attached hydrogens (tertiary/aromatic N) is 3. The van der Waals surface area contributed by atoms with E-state index in [1.54, 1.807) is 0 Å². The fraction of sp³-hybridized carbons (Fsp3) is 0.438. The van der Waals surface area contributed by atoms with Crippen molar-refractivity contribution in [2.24, 2.45) is 0 Å². The molecule has 0 spiro atoms. The Morgan fingerprint density at radius 2 is 2.38 bits per heavy atom. The van der Waals surface area contributed by atoms with E-state index >= 15 is 0 Å². The Kier molecular flexibility index (Phi) is 5.70. The predicted octanol–water partition coefficient (Wildman–Crippen LogP) is 2.93. The minimum Gasteiger partial charge on any atom is -0.375 e. The molecule has 1 N–H and O–H groups in total. The molecule has 1 atom stereocenters. The number of hydrogen-bond donors (Lipinski definition) is 1. The van der Waals surface area contributed by atoms with E-state index in [1.165, 1.54) is 28.7 Å². The number of carbonyl (C=O) groups is 1. The summed E-state index contributed by atoms with van der Waals surface area (Å²) in [5.41, 5.74) is 2.17. The largest absolute Gasteiger partial charge is 0.375 e. The standard InChI is InChI=1S/C16H20N4O2S2/c1-11-4-3-5-13(8-11)17-15-18-19-16(24-15)23-10-14(21)20-6-7-22-12(2)9-20/h3-5,8,12H,6-7,9-10H2,1-2H3,(H,17,18)/t12-/m0/s1. The van der Waals surface area contributed by atoms with Gasteiger partial charge in [-0.05, 0) is 31.5 Å². The molecule has 3 rings (SSSR count). The minimum absolute atomic E-state index is 0.111. The van der Waals surface area contributed by atoms with E-state index < -0.39 is 0 Å². The molecule has 1 fully saturated rings. The molecule has 24 heavy (non-hydrogen) atoms. The minimum atomic E-state index is 0.111. The van der Waals surface area contributed by atoms with Crippen LogP contribution < -0.4 is 5.32 Å². The van der Waals surface area contributed by atoms with Gasteiger partial charge in [0, 0.05) is 18.8 Å². The first-order valence-corrected chi connectivity index (χ1v) is 9.60. The lowest BCUT2D eigenvalue weighted by molar-refractivity contribution is -0.135. The van der Waals surface area contributed by atoms with Crippen molar-refractivity contribution in [1.82, 2.24) is 15.1 Å². The van der Waals surface area contributed by atoms with Crippen LogP contribution >= 0.6 is 23.1 Å². The van der Waals surface area contributed by atoms with Gasteiger partial charge in [0.15, 0.2) is 4.34 Å². The molecule has 1 aliphatic rings. The van der Waals surface area contributed by atoms with E-state index in [4.69, 9.17) is 4.74 Å². The van der Waals surface area contributed by atoms with Gasteiger partial charge < -0.3 is 15.0 Å². The van der Waals surface area contributed by atoms with Crippen molar-refractivity contribution in [2.75, 3.05) is 30.8 Å². The second kappa shape index (κ2) is 7.96. The topological polar surface area (TPSA) is 67.4 Å². The van der Waals surface area contributed by atoms with Gasteiger partial charge in [-0.25, -0.2) is 0 Å². The third-order valence-corrected chi connectivity index (χ3v) is 5.55. The van der Waals surface area contributed by atoms with Gasteiger partial charge in [-0.3, -0.25) is 4.79 Å². The van der Waals surface area contributed by atoms with E-state index in [1.807, 2.05) is 36.9 Å². The predicted molar refractivity (Wildman–Crippen MR) is 97.1 cm³/mol. The molecule has 1 amide bonds. The van der Waals surface area contributed by atoms with Crippen LogP contribution in [0.4, 0.5) is 10.8 Å². The molecule has 0 bridgehead atoms. The number of hydrogen-bond acceptors (Lipinski definition) is 7. The van der Waals surface area contributed by atoms with Gasteiger partial charge in [-0.2, -0.15) is 0 Å². The summed E-state index contributed by atoms with van der Waals surface area (Å²) in [4.78, 5) is 14.1. The maximum absolute atomic E-state index is 12.2. The molecule has 2 aromatic rings. The molecule has 128 valence electrons. The van der Waals surface area contributed by atoms with Crippen LogP contribution in [0.3, 0.4) is 0 Å². The molecule has 0 aliphatic carbocycles. The van der Waals surface area contributed by atoms with Crippen molar-refractivity contribution in [1.29, 1.82) is 0 Å². The van der Waals surface area contributed by atoms with Crippen LogP contribution in [0.15, 0.2) is 28.6 Å². The second-order valence-corrected chi connectivity index (χ2v) is 7.88. The Bertz CT molecular complexity index is 707. The van der Waals surface area contributed by atoms with Gasteiger partial charge in [0.1, 0.15) is 0 Å². The number of ether oxygens (including phenoxy) is 1. The van der Waals surface area contributed by atoms with Gasteiger partial charge in [-0.1, -0.05) is 35.2 Å². The maximum atomic E-state index is 12.2. The Labute approximate surface area is 149 Å². The van der Waals surface area contributed by atoms with E-state index in [-0.39, 0.29) is 12.0 Å². The zero-order valence-corrected chi connectivity index (χ0v) is 15.3. The van der Waals surface area contributed by atoms with Gasteiger partial charge >= 0.3 is 0 Å². The van der Waals surface area contributed by atoms with Crippen LogP contribution in [0.5, 0.6) is 0 Å². The van der Waals surface area contributed by atoms with E-state index in [0.717, 1.165) is 15.2 Å². The Morgan fingerprint density at radius 1 is 1.50 bits per heavy atom. The highest BCUT2D eigenvalue weighted by Gasteiger charge is 2.21. The molecule has 1 aliphatic heterocycles. The molecule has 6 nitrogen and oxygen atoms in total. The molecule has 0 unspecified atom stereocenters. The fourth-order valence-electron chi connectivity index (χ4n) is 2.42. The van der Waals surface area contributed by atoms with Gasteiger partial charge in [0.05, 0.1) is 18.5 Å². The molecule has 0 saturated carbocycles. The van der Waals surface area contributed by atoms with Crippen molar-refractivity contribution < 1.29 is 9.53 Å². The number of carbonyl (C=O) groups excluding carboxylic acids is 1. The van der Waals surface area contributed by atoms with Crippen molar-refractivity contribution in [3.63, 3.8) is 0 Å². The van der Waals surface area contributed by atoms with Gasteiger partial charge in [-0.15, -0.1) is 10.2 Å². The molecule has 1 saturated heterocycles. The van der Waals surface area contributed by atoms with Crippen LogP contribution in [0.25, 0.3) is 0 Å². The number of morpholine rings is 1. The van der Waals surface area contributed by atoms with E-state index in [9.17, 15) is 4.79 Å². The highest BCUT2D eigenvalue weighted by molar-refractivity contribution is 8.01. The number of benzene rings is 1. The highest BCUT2D eigenvalue weighted by atomic mass is 32.2.